The highest BCUT2D eigenvalue weighted by atomic mass is 16.5. The van der Waals surface area contributed by atoms with Gasteiger partial charge in [-0.05, 0) is 40.3 Å². The van der Waals surface area contributed by atoms with E-state index in [0.29, 0.717) is 18.0 Å². The molecule has 0 bridgehead atoms. The predicted octanol–water partition coefficient (Wildman–Crippen LogP) is 6.44. The fourth-order valence-corrected chi connectivity index (χ4v) is 4.91. The number of carbonyl (C=O) groups excluding carboxylic acids is 2. The molecule has 172 valence electrons. The van der Waals surface area contributed by atoms with Crippen LogP contribution in [-0.4, -0.2) is 30.7 Å². The van der Waals surface area contributed by atoms with Gasteiger partial charge in [-0.1, -0.05) is 69.5 Å². The number of unbranched alkanes of at least 4 members (excludes halogenated alkanes) is 3. The number of aryl methyl sites for hydroxylation is 1. The summed E-state index contributed by atoms with van der Waals surface area (Å²) in [6.45, 7) is 5.02. The van der Waals surface area contributed by atoms with Gasteiger partial charge in [-0.15, -0.1) is 0 Å². The number of rotatable bonds is 8. The van der Waals surface area contributed by atoms with Crippen LogP contribution in [0.4, 0.5) is 0 Å². The minimum absolute atomic E-state index is 0.255. The van der Waals surface area contributed by atoms with Gasteiger partial charge in [0.25, 0.3) is 0 Å². The SMILES string of the molecule is CCCCCCn1cc(-c2ccc3c(c2)-c2ccccc2C3C)c(C(=O)OC)c1C(=O)OC. The number of fused-ring (bicyclic) bond motifs is 3. The van der Waals surface area contributed by atoms with E-state index in [4.69, 9.17) is 9.47 Å². The highest BCUT2D eigenvalue weighted by Gasteiger charge is 2.30. The number of carbonyl (C=O) groups is 2. The lowest BCUT2D eigenvalue weighted by atomic mass is 9.95. The van der Waals surface area contributed by atoms with Crippen LogP contribution in [0, 0.1) is 0 Å². The molecule has 0 amide bonds. The van der Waals surface area contributed by atoms with Gasteiger partial charge in [0.1, 0.15) is 11.3 Å². The zero-order valence-electron chi connectivity index (χ0n) is 19.8. The van der Waals surface area contributed by atoms with Gasteiger partial charge in [-0.2, -0.15) is 0 Å². The van der Waals surface area contributed by atoms with Crippen LogP contribution in [0.5, 0.6) is 0 Å². The predicted molar refractivity (Wildman–Crippen MR) is 130 cm³/mol. The number of hydrogen-bond acceptors (Lipinski definition) is 4. The van der Waals surface area contributed by atoms with E-state index in [1.54, 1.807) is 0 Å². The summed E-state index contributed by atoms with van der Waals surface area (Å²) in [5.74, 6) is -0.747. The zero-order valence-corrected chi connectivity index (χ0v) is 19.8. The molecule has 1 heterocycles. The highest BCUT2D eigenvalue weighted by Crippen LogP contribution is 2.46. The summed E-state index contributed by atoms with van der Waals surface area (Å²) >= 11 is 0. The van der Waals surface area contributed by atoms with E-state index in [0.717, 1.165) is 31.2 Å². The van der Waals surface area contributed by atoms with Gasteiger partial charge in [0.05, 0.1) is 14.2 Å². The lowest BCUT2D eigenvalue weighted by Crippen LogP contribution is -2.16. The molecule has 0 radical (unpaired) electrons. The second kappa shape index (κ2) is 9.65. The number of esters is 2. The molecule has 1 atom stereocenters. The van der Waals surface area contributed by atoms with Crippen LogP contribution in [0.25, 0.3) is 22.3 Å². The fraction of sp³-hybridized carbons (Fsp3) is 0.357. The van der Waals surface area contributed by atoms with Crippen LogP contribution in [0.15, 0.2) is 48.7 Å². The van der Waals surface area contributed by atoms with Crippen molar-refractivity contribution in [3.8, 4) is 22.3 Å². The third-order valence-electron chi connectivity index (χ3n) is 6.65. The smallest absolute Gasteiger partial charge is 0.355 e. The average Bonchev–Trinajstić information content (AvgIpc) is 3.37. The van der Waals surface area contributed by atoms with Crippen molar-refractivity contribution in [3.05, 3.63) is 71.0 Å². The Kier molecular flexibility index (Phi) is 6.68. The number of hydrogen-bond donors (Lipinski definition) is 0. The maximum atomic E-state index is 12.9. The minimum Gasteiger partial charge on any atom is -0.465 e. The van der Waals surface area contributed by atoms with E-state index < -0.39 is 11.9 Å². The van der Waals surface area contributed by atoms with Gasteiger partial charge < -0.3 is 14.0 Å². The van der Waals surface area contributed by atoms with Crippen molar-refractivity contribution in [2.45, 2.75) is 52.0 Å². The largest absolute Gasteiger partial charge is 0.465 e. The molecule has 2 aromatic carbocycles. The molecule has 1 aliphatic rings. The molecular formula is C28H31NO4. The first kappa shape index (κ1) is 22.8. The first-order valence-electron chi connectivity index (χ1n) is 11.6. The fourth-order valence-electron chi connectivity index (χ4n) is 4.91. The number of methoxy groups -OCH3 is 2. The minimum atomic E-state index is -0.535. The quantitative estimate of drug-likeness (QED) is 0.296. The molecule has 5 heteroatoms. The Hall–Kier alpha value is -3.34. The molecule has 5 nitrogen and oxygen atoms in total. The lowest BCUT2D eigenvalue weighted by Gasteiger charge is -2.09. The Bertz CT molecular complexity index is 1190. The van der Waals surface area contributed by atoms with Crippen molar-refractivity contribution < 1.29 is 19.1 Å². The molecule has 1 unspecified atom stereocenters. The Morgan fingerprint density at radius 3 is 2.33 bits per heavy atom. The lowest BCUT2D eigenvalue weighted by molar-refractivity contribution is 0.0547. The number of benzene rings is 2. The van der Waals surface area contributed by atoms with E-state index in [1.807, 2.05) is 16.8 Å². The summed E-state index contributed by atoms with van der Waals surface area (Å²) < 4.78 is 12.0. The van der Waals surface area contributed by atoms with E-state index in [1.165, 1.54) is 36.5 Å². The summed E-state index contributed by atoms with van der Waals surface area (Å²) in [4.78, 5) is 25.6. The van der Waals surface area contributed by atoms with Crippen molar-refractivity contribution in [3.63, 3.8) is 0 Å². The van der Waals surface area contributed by atoms with E-state index in [9.17, 15) is 9.59 Å². The third-order valence-corrected chi connectivity index (χ3v) is 6.65. The molecular weight excluding hydrogens is 414 g/mol. The molecule has 0 aliphatic heterocycles. The Morgan fingerprint density at radius 1 is 0.879 bits per heavy atom. The molecule has 3 aromatic rings. The van der Waals surface area contributed by atoms with Gasteiger partial charge in [0.15, 0.2) is 0 Å². The Labute approximate surface area is 195 Å². The Balaban J connectivity index is 1.85. The number of ether oxygens (including phenoxy) is 2. The van der Waals surface area contributed by atoms with Crippen LogP contribution in [-0.2, 0) is 16.0 Å². The van der Waals surface area contributed by atoms with Crippen molar-refractivity contribution in [2.75, 3.05) is 14.2 Å². The second-order valence-electron chi connectivity index (χ2n) is 8.61. The standard InChI is InChI=1S/C28H31NO4/c1-5-6-7-10-15-29-17-24(25(27(30)32-3)26(29)28(31)33-4)19-13-14-21-18(2)20-11-8-9-12-22(20)23(21)16-19/h8-9,11-14,16-18H,5-7,10,15H2,1-4H3. The van der Waals surface area contributed by atoms with Crippen molar-refractivity contribution in [1.29, 1.82) is 0 Å². The Morgan fingerprint density at radius 2 is 1.61 bits per heavy atom. The third kappa shape index (κ3) is 4.08. The van der Waals surface area contributed by atoms with Gasteiger partial charge in [0, 0.05) is 24.2 Å². The van der Waals surface area contributed by atoms with E-state index in [-0.39, 0.29) is 11.3 Å². The van der Waals surface area contributed by atoms with Crippen molar-refractivity contribution >= 4 is 11.9 Å². The zero-order chi connectivity index (χ0) is 23.5. The molecule has 0 saturated carbocycles. The summed E-state index contributed by atoms with van der Waals surface area (Å²) in [7, 11) is 2.68. The van der Waals surface area contributed by atoms with E-state index in [2.05, 4.69) is 50.2 Å². The van der Waals surface area contributed by atoms with Crippen LogP contribution < -0.4 is 0 Å². The van der Waals surface area contributed by atoms with Crippen LogP contribution in [0.2, 0.25) is 0 Å². The normalized spacial score (nSPS) is 14.0. The average molecular weight is 446 g/mol. The molecule has 1 aliphatic carbocycles. The topological polar surface area (TPSA) is 57.5 Å². The second-order valence-corrected chi connectivity index (χ2v) is 8.61. The van der Waals surface area contributed by atoms with Crippen LogP contribution in [0.3, 0.4) is 0 Å². The summed E-state index contributed by atoms with van der Waals surface area (Å²) in [6.07, 6.45) is 6.14. The monoisotopic (exact) mass is 445 g/mol. The maximum Gasteiger partial charge on any atom is 0.355 e. The van der Waals surface area contributed by atoms with Gasteiger partial charge >= 0.3 is 11.9 Å². The van der Waals surface area contributed by atoms with Gasteiger partial charge in [-0.3, -0.25) is 0 Å². The first-order valence-corrected chi connectivity index (χ1v) is 11.6. The summed E-state index contributed by atoms with van der Waals surface area (Å²) in [5.41, 5.74) is 7.06. The molecule has 1 aromatic heterocycles. The van der Waals surface area contributed by atoms with Crippen molar-refractivity contribution in [2.24, 2.45) is 0 Å². The highest BCUT2D eigenvalue weighted by molar-refractivity contribution is 6.07. The van der Waals surface area contributed by atoms with Crippen LogP contribution in [0.1, 0.15) is 77.4 Å². The number of aromatic nitrogens is 1. The van der Waals surface area contributed by atoms with Crippen molar-refractivity contribution in [1.82, 2.24) is 4.57 Å². The van der Waals surface area contributed by atoms with Gasteiger partial charge in [0.2, 0.25) is 0 Å². The van der Waals surface area contributed by atoms with E-state index >= 15 is 0 Å². The molecule has 33 heavy (non-hydrogen) atoms. The molecule has 0 spiro atoms. The maximum absolute atomic E-state index is 12.9. The molecule has 4 rings (SSSR count). The summed E-state index contributed by atoms with van der Waals surface area (Å²) in [5, 5.41) is 0. The van der Waals surface area contributed by atoms with Crippen LogP contribution >= 0.6 is 0 Å². The summed E-state index contributed by atoms with van der Waals surface area (Å²) in [6, 6.07) is 14.7. The molecule has 0 fully saturated rings. The molecule has 0 N–H and O–H groups in total. The first-order chi connectivity index (χ1) is 16.0. The van der Waals surface area contributed by atoms with Gasteiger partial charge in [-0.25, -0.2) is 9.59 Å². The molecule has 0 saturated heterocycles. The number of nitrogens with zero attached hydrogens (tertiary/aromatic N) is 1.